The molecule has 12 nitrogen and oxygen atoms in total. The van der Waals surface area contributed by atoms with Gasteiger partial charge in [-0.1, -0.05) is 12.1 Å². The van der Waals surface area contributed by atoms with Crippen LogP contribution in [-0.2, 0) is 4.79 Å². The molecule has 1 aliphatic heterocycles. The summed E-state index contributed by atoms with van der Waals surface area (Å²) in [6, 6.07) is 8.68. The number of fused-ring (bicyclic) bond motifs is 1. The molecule has 1 amide bonds. The van der Waals surface area contributed by atoms with Gasteiger partial charge in [-0.3, -0.25) is 14.9 Å². The molecule has 12 heteroatoms. The van der Waals surface area contributed by atoms with Gasteiger partial charge in [0, 0.05) is 11.8 Å². The fourth-order valence-electron chi connectivity index (χ4n) is 3.81. The molecule has 0 unspecified atom stereocenters. The largest absolute Gasteiger partial charge is 0.500 e. The maximum Gasteiger partial charge on any atom is 0.315 e. The second-order valence-electron chi connectivity index (χ2n) is 7.33. The third-order valence-electron chi connectivity index (χ3n) is 5.28. The van der Waals surface area contributed by atoms with Crippen molar-refractivity contribution in [1.82, 2.24) is 14.8 Å². The van der Waals surface area contributed by atoms with Crippen LogP contribution in [0.4, 0.5) is 17.3 Å². The lowest BCUT2D eigenvalue weighted by Crippen LogP contribution is -2.31. The van der Waals surface area contributed by atoms with Crippen molar-refractivity contribution in [3.05, 3.63) is 69.7 Å². The fraction of sp³-hybridized carbons (Fsp3) is 0.227. The molecule has 3 aromatic rings. The number of carbonyl (C=O) groups excluding carboxylic acids is 1. The number of hydrogen-bond donors (Lipinski definition) is 3. The second-order valence-corrected chi connectivity index (χ2v) is 7.33. The third kappa shape index (κ3) is 3.96. The molecule has 0 saturated heterocycles. The van der Waals surface area contributed by atoms with Crippen molar-refractivity contribution in [1.29, 1.82) is 0 Å². The molecule has 0 aliphatic carbocycles. The number of rotatable bonds is 7. The number of amides is 1. The van der Waals surface area contributed by atoms with Crippen molar-refractivity contribution in [3.8, 4) is 17.2 Å². The molecule has 1 atom stereocenters. The van der Waals surface area contributed by atoms with E-state index in [1.807, 2.05) is 0 Å². The molecule has 4 rings (SSSR count). The summed E-state index contributed by atoms with van der Waals surface area (Å²) < 4.78 is 12.2. The molecule has 1 aromatic heterocycles. The third-order valence-corrected chi connectivity index (χ3v) is 5.28. The summed E-state index contributed by atoms with van der Waals surface area (Å²) in [5, 5.41) is 32.1. The Balaban J connectivity index is 1.86. The van der Waals surface area contributed by atoms with E-state index >= 15 is 0 Å². The molecule has 2 heterocycles. The van der Waals surface area contributed by atoms with E-state index in [1.165, 1.54) is 30.3 Å². The topological polar surface area (TPSA) is 154 Å². The van der Waals surface area contributed by atoms with E-state index in [2.05, 4.69) is 20.7 Å². The zero-order valence-corrected chi connectivity index (χ0v) is 18.6. The zero-order valence-electron chi connectivity index (χ0n) is 18.6. The van der Waals surface area contributed by atoms with E-state index in [0.717, 1.165) is 0 Å². The smallest absolute Gasteiger partial charge is 0.315 e. The Morgan fingerprint density at radius 2 is 2.09 bits per heavy atom. The highest BCUT2D eigenvalue weighted by atomic mass is 16.6. The standard InChI is InChI=1S/C22H22N6O6/c1-4-34-17-10-13(9-15(20(17)29)28(31)32)19-18(12(2)25-22-23-11-24-27(19)22)21(30)26-14-7-5-6-8-16(14)33-3/h5-11,19,29H,4H2,1-3H3,(H,26,30)(H,23,24,25)/t19-/m1/s1. The molecule has 34 heavy (non-hydrogen) atoms. The number of anilines is 2. The number of para-hydroxylation sites is 2. The van der Waals surface area contributed by atoms with Crippen LogP contribution < -0.4 is 20.1 Å². The summed E-state index contributed by atoms with van der Waals surface area (Å²) in [4.78, 5) is 28.6. The van der Waals surface area contributed by atoms with Crippen molar-refractivity contribution in [2.75, 3.05) is 24.4 Å². The van der Waals surface area contributed by atoms with Crippen LogP contribution in [0.2, 0.25) is 0 Å². The molecule has 0 saturated carbocycles. The number of nitro groups is 1. The maximum absolute atomic E-state index is 13.5. The summed E-state index contributed by atoms with van der Waals surface area (Å²) in [5.74, 6) is -0.327. The Kier molecular flexibility index (Phi) is 6.04. The van der Waals surface area contributed by atoms with Crippen LogP contribution in [0, 0.1) is 10.1 Å². The van der Waals surface area contributed by atoms with Crippen LogP contribution in [0.15, 0.2) is 54.0 Å². The highest BCUT2D eigenvalue weighted by molar-refractivity contribution is 6.06. The number of carbonyl (C=O) groups is 1. The lowest BCUT2D eigenvalue weighted by Gasteiger charge is -2.29. The van der Waals surface area contributed by atoms with Gasteiger partial charge in [-0.25, -0.2) is 4.68 Å². The summed E-state index contributed by atoms with van der Waals surface area (Å²) in [7, 11) is 1.49. The molecule has 0 radical (unpaired) electrons. The van der Waals surface area contributed by atoms with E-state index in [-0.39, 0.29) is 17.9 Å². The van der Waals surface area contributed by atoms with Crippen molar-refractivity contribution in [3.63, 3.8) is 0 Å². The van der Waals surface area contributed by atoms with E-state index in [4.69, 9.17) is 9.47 Å². The zero-order chi connectivity index (χ0) is 24.4. The fourth-order valence-corrected chi connectivity index (χ4v) is 3.81. The number of phenols is 1. The number of aromatic nitrogens is 3. The lowest BCUT2D eigenvalue weighted by molar-refractivity contribution is -0.386. The molecule has 176 valence electrons. The molecular formula is C22H22N6O6. The molecule has 1 aliphatic rings. The first-order chi connectivity index (χ1) is 16.3. The minimum atomic E-state index is -0.896. The normalized spacial score (nSPS) is 14.7. The molecule has 0 spiro atoms. The van der Waals surface area contributed by atoms with Gasteiger partial charge >= 0.3 is 5.69 Å². The van der Waals surface area contributed by atoms with Gasteiger partial charge in [-0.15, -0.1) is 0 Å². The van der Waals surface area contributed by atoms with Gasteiger partial charge in [-0.2, -0.15) is 10.1 Å². The number of allylic oxidation sites excluding steroid dienone is 1. The Morgan fingerprint density at radius 1 is 1.32 bits per heavy atom. The van der Waals surface area contributed by atoms with E-state index in [1.54, 1.807) is 38.1 Å². The number of phenolic OH excluding ortho intramolecular Hbond substituents is 1. The Bertz CT molecular complexity index is 1300. The summed E-state index contributed by atoms with van der Waals surface area (Å²) in [6.07, 6.45) is 1.31. The number of ether oxygens (including phenoxy) is 2. The average Bonchev–Trinajstić information content (AvgIpc) is 3.27. The first kappa shape index (κ1) is 22.6. The minimum Gasteiger partial charge on any atom is -0.500 e. The number of methoxy groups -OCH3 is 1. The first-order valence-electron chi connectivity index (χ1n) is 10.3. The predicted octanol–water partition coefficient (Wildman–Crippen LogP) is 3.23. The van der Waals surface area contributed by atoms with Crippen LogP contribution in [-0.4, -0.2) is 44.4 Å². The lowest BCUT2D eigenvalue weighted by atomic mass is 9.94. The number of hydrogen-bond acceptors (Lipinski definition) is 9. The van der Waals surface area contributed by atoms with Crippen molar-refractivity contribution in [2.24, 2.45) is 0 Å². The van der Waals surface area contributed by atoms with E-state index in [9.17, 15) is 20.0 Å². The highest BCUT2D eigenvalue weighted by Crippen LogP contribution is 2.43. The Labute approximate surface area is 194 Å². The van der Waals surface area contributed by atoms with Crippen LogP contribution in [0.5, 0.6) is 17.2 Å². The number of nitrogens with one attached hydrogen (secondary N) is 2. The van der Waals surface area contributed by atoms with Crippen molar-refractivity contribution in [2.45, 2.75) is 19.9 Å². The SMILES string of the molecule is CCOc1cc([C@@H]2C(C(=O)Nc3ccccc3OC)=C(C)Nc3ncnn32)cc([N+](=O)[O-])c1O. The van der Waals surface area contributed by atoms with Gasteiger partial charge in [0.05, 0.1) is 29.9 Å². The van der Waals surface area contributed by atoms with Crippen LogP contribution in [0.25, 0.3) is 0 Å². The Hall–Kier alpha value is -4.61. The maximum atomic E-state index is 13.5. The molecule has 2 aromatic carbocycles. The van der Waals surface area contributed by atoms with Gasteiger partial charge in [-0.05, 0) is 37.6 Å². The van der Waals surface area contributed by atoms with Gasteiger partial charge in [0.25, 0.3) is 5.91 Å². The molecule has 0 fully saturated rings. The average molecular weight is 466 g/mol. The highest BCUT2D eigenvalue weighted by Gasteiger charge is 2.36. The molecule has 0 bridgehead atoms. The van der Waals surface area contributed by atoms with Crippen molar-refractivity contribution >= 4 is 23.2 Å². The van der Waals surface area contributed by atoms with Crippen LogP contribution in [0.1, 0.15) is 25.5 Å². The van der Waals surface area contributed by atoms with Crippen LogP contribution >= 0.6 is 0 Å². The number of nitro benzene ring substituents is 1. The predicted molar refractivity (Wildman–Crippen MR) is 122 cm³/mol. The summed E-state index contributed by atoms with van der Waals surface area (Å²) in [6.45, 7) is 3.56. The van der Waals surface area contributed by atoms with Gasteiger partial charge in [0.15, 0.2) is 5.75 Å². The second kappa shape index (κ2) is 9.10. The van der Waals surface area contributed by atoms with Gasteiger partial charge in [0.1, 0.15) is 18.1 Å². The van der Waals surface area contributed by atoms with E-state index < -0.39 is 28.3 Å². The Morgan fingerprint density at radius 3 is 2.79 bits per heavy atom. The van der Waals surface area contributed by atoms with Crippen molar-refractivity contribution < 1.29 is 24.3 Å². The summed E-state index contributed by atoms with van der Waals surface area (Å²) >= 11 is 0. The first-order valence-corrected chi connectivity index (χ1v) is 10.3. The monoisotopic (exact) mass is 466 g/mol. The van der Waals surface area contributed by atoms with Gasteiger partial charge in [0.2, 0.25) is 11.7 Å². The number of benzene rings is 2. The molecular weight excluding hydrogens is 444 g/mol. The van der Waals surface area contributed by atoms with Crippen LogP contribution in [0.3, 0.4) is 0 Å². The van der Waals surface area contributed by atoms with Gasteiger partial charge < -0.3 is 25.2 Å². The number of nitrogens with zero attached hydrogens (tertiary/aromatic N) is 4. The number of aromatic hydroxyl groups is 1. The van der Waals surface area contributed by atoms with E-state index in [0.29, 0.717) is 28.6 Å². The molecule has 3 N–H and O–H groups in total. The summed E-state index contributed by atoms with van der Waals surface area (Å²) in [5.41, 5.74) is 0.928. The minimum absolute atomic E-state index is 0.0750. The quantitative estimate of drug-likeness (QED) is 0.352.